The predicted molar refractivity (Wildman–Crippen MR) is 104 cm³/mol. The summed E-state index contributed by atoms with van der Waals surface area (Å²) in [6.07, 6.45) is 0.866. The number of nitrogen functional groups attached to an aromatic ring is 1. The number of phosphoric ester groups is 1. The van der Waals surface area contributed by atoms with Crippen molar-refractivity contribution in [2.24, 2.45) is 0 Å². The zero-order chi connectivity index (χ0) is 23.7. The molecule has 32 heavy (non-hydrogen) atoms. The first kappa shape index (κ1) is 25.1. The molecule has 6 N–H and O–H groups in total. The molecular formula is C12H20N5O12P3. The van der Waals surface area contributed by atoms with Crippen molar-refractivity contribution in [2.45, 2.75) is 32.1 Å². The van der Waals surface area contributed by atoms with Gasteiger partial charge in [-0.3, -0.25) is 9.09 Å². The van der Waals surface area contributed by atoms with Crippen molar-refractivity contribution in [3.05, 3.63) is 6.33 Å². The van der Waals surface area contributed by atoms with Gasteiger partial charge < -0.3 is 34.8 Å². The lowest BCUT2D eigenvalue weighted by Crippen LogP contribution is -2.16. The van der Waals surface area contributed by atoms with Crippen LogP contribution in [0.5, 0.6) is 5.88 Å². The van der Waals surface area contributed by atoms with Crippen LogP contribution in [0.1, 0.15) is 26.0 Å². The summed E-state index contributed by atoms with van der Waals surface area (Å²) in [6.45, 7) is 1.55. The lowest BCUT2D eigenvalue weighted by atomic mass is 10.2. The highest BCUT2D eigenvalue weighted by molar-refractivity contribution is 7.66. The number of nitrogens with two attached hydrogens (primary N) is 1. The Hall–Kier alpha value is -1.48. The summed E-state index contributed by atoms with van der Waals surface area (Å²) in [5.74, 6) is 0.167. The van der Waals surface area contributed by atoms with Crippen LogP contribution in [0, 0.1) is 0 Å². The van der Waals surface area contributed by atoms with E-state index in [2.05, 4.69) is 28.1 Å². The van der Waals surface area contributed by atoms with Gasteiger partial charge in [-0.05, 0) is 19.8 Å². The molecule has 2 aromatic rings. The molecule has 1 aliphatic heterocycles. The van der Waals surface area contributed by atoms with Gasteiger partial charge in [0.2, 0.25) is 11.8 Å². The summed E-state index contributed by atoms with van der Waals surface area (Å²) < 4.78 is 58.4. The topological polar surface area (TPSA) is 248 Å². The van der Waals surface area contributed by atoms with Gasteiger partial charge in [0.05, 0.1) is 25.6 Å². The van der Waals surface area contributed by atoms with E-state index in [1.807, 2.05) is 0 Å². The zero-order valence-electron chi connectivity index (χ0n) is 16.3. The van der Waals surface area contributed by atoms with Crippen LogP contribution < -0.4 is 10.5 Å². The average Bonchev–Trinajstić information content (AvgIpc) is 3.23. The number of imidazole rings is 1. The molecule has 0 radical (unpaired) electrons. The molecule has 0 aliphatic carbocycles. The number of hydrogen-bond acceptors (Lipinski definition) is 12. The van der Waals surface area contributed by atoms with E-state index in [4.69, 9.17) is 29.9 Å². The lowest BCUT2D eigenvalue weighted by Gasteiger charge is -2.18. The van der Waals surface area contributed by atoms with E-state index in [0.29, 0.717) is 30.6 Å². The standard InChI is InChI=1S/C12H20N5O12P3/c1-2-25-11-9-10(15-12(13)16-11)17(6-14-9)8-4-3-7(27-8)5-26-31(21,22)29-32(23,24)28-30(18,19)20/h6-8H,2-5H2,1H3,(H,21,22)(H,23,24)(H2,13,15,16)(H2,18,19,20). The SMILES string of the molecule is CCOc1nc(N)nc2c1ncn2C1CCC(COP(=O)(O)OP(=O)(O)OP(=O)(O)O)O1. The van der Waals surface area contributed by atoms with Gasteiger partial charge in [-0.25, -0.2) is 18.7 Å². The smallest absolute Gasteiger partial charge is 0.476 e. The van der Waals surface area contributed by atoms with Crippen molar-refractivity contribution in [3.63, 3.8) is 0 Å². The van der Waals surface area contributed by atoms with Crippen LogP contribution in [0.2, 0.25) is 0 Å². The van der Waals surface area contributed by atoms with Crippen molar-refractivity contribution in [1.82, 2.24) is 19.5 Å². The zero-order valence-corrected chi connectivity index (χ0v) is 19.0. The van der Waals surface area contributed by atoms with Gasteiger partial charge in [-0.1, -0.05) is 0 Å². The Morgan fingerprint density at radius 2 is 1.88 bits per heavy atom. The third-order valence-electron chi connectivity index (χ3n) is 3.92. The normalized spacial score (nSPS) is 23.2. The summed E-state index contributed by atoms with van der Waals surface area (Å²) in [6, 6.07) is 0. The van der Waals surface area contributed by atoms with E-state index in [0.717, 1.165) is 0 Å². The number of phosphoric acid groups is 3. The maximum absolute atomic E-state index is 11.8. The van der Waals surface area contributed by atoms with Crippen molar-refractivity contribution in [1.29, 1.82) is 0 Å². The Morgan fingerprint density at radius 1 is 1.16 bits per heavy atom. The molecule has 1 fully saturated rings. The Kier molecular flexibility index (Phi) is 7.39. The Bertz CT molecular complexity index is 1120. The number of aromatic nitrogens is 4. The van der Waals surface area contributed by atoms with Crippen molar-refractivity contribution < 1.29 is 55.9 Å². The quantitative estimate of drug-likeness (QED) is 0.273. The van der Waals surface area contributed by atoms with E-state index in [9.17, 15) is 18.6 Å². The van der Waals surface area contributed by atoms with Gasteiger partial charge in [-0.2, -0.15) is 18.6 Å². The van der Waals surface area contributed by atoms with Gasteiger partial charge in [-0.15, -0.1) is 0 Å². The van der Waals surface area contributed by atoms with Crippen LogP contribution in [0.4, 0.5) is 5.95 Å². The molecule has 180 valence electrons. The molecule has 0 bridgehead atoms. The number of ether oxygens (including phenoxy) is 2. The second kappa shape index (κ2) is 9.41. The molecule has 4 atom stereocenters. The van der Waals surface area contributed by atoms with E-state index in [1.165, 1.54) is 6.33 Å². The number of nitrogens with zero attached hydrogens (tertiary/aromatic N) is 4. The van der Waals surface area contributed by atoms with Gasteiger partial charge in [0.25, 0.3) is 0 Å². The third kappa shape index (κ3) is 6.53. The summed E-state index contributed by atoms with van der Waals surface area (Å²) in [7, 11) is -16.3. The third-order valence-corrected chi connectivity index (χ3v) is 7.73. The van der Waals surface area contributed by atoms with Gasteiger partial charge in [0.1, 0.15) is 6.23 Å². The van der Waals surface area contributed by atoms with E-state index in [1.54, 1.807) is 11.5 Å². The van der Waals surface area contributed by atoms with Crippen LogP contribution in [-0.4, -0.2) is 58.4 Å². The van der Waals surface area contributed by atoms with Crippen molar-refractivity contribution in [2.75, 3.05) is 18.9 Å². The second-order valence-corrected chi connectivity index (χ2v) is 10.7. The molecule has 0 saturated carbocycles. The van der Waals surface area contributed by atoms with Crippen LogP contribution in [-0.2, 0) is 31.6 Å². The highest BCUT2D eigenvalue weighted by Crippen LogP contribution is 2.66. The first-order valence-corrected chi connectivity index (χ1v) is 13.4. The molecule has 0 amide bonds. The molecule has 0 spiro atoms. The molecule has 1 aliphatic rings. The molecule has 3 heterocycles. The molecule has 17 nitrogen and oxygen atoms in total. The lowest BCUT2D eigenvalue weighted by molar-refractivity contribution is -0.0205. The van der Waals surface area contributed by atoms with Gasteiger partial charge in [0, 0.05) is 0 Å². The summed E-state index contributed by atoms with van der Waals surface area (Å²) in [4.78, 5) is 48.1. The number of rotatable bonds is 10. The summed E-state index contributed by atoms with van der Waals surface area (Å²) in [5.41, 5.74) is 6.42. The molecule has 3 rings (SSSR count). The molecule has 1 saturated heterocycles. The maximum atomic E-state index is 11.8. The minimum Gasteiger partial charge on any atom is -0.476 e. The van der Waals surface area contributed by atoms with Gasteiger partial charge in [0.15, 0.2) is 11.2 Å². The van der Waals surface area contributed by atoms with Gasteiger partial charge >= 0.3 is 23.5 Å². The van der Waals surface area contributed by atoms with Crippen molar-refractivity contribution in [3.8, 4) is 5.88 Å². The molecule has 4 unspecified atom stereocenters. The first-order valence-electron chi connectivity index (χ1n) is 8.85. The largest absolute Gasteiger partial charge is 0.490 e. The van der Waals surface area contributed by atoms with Crippen LogP contribution in [0.25, 0.3) is 11.2 Å². The van der Waals surface area contributed by atoms with Crippen molar-refractivity contribution >= 4 is 40.6 Å². The van der Waals surface area contributed by atoms with Crippen LogP contribution in [0.15, 0.2) is 6.33 Å². The van der Waals surface area contributed by atoms with E-state index < -0.39 is 42.4 Å². The summed E-state index contributed by atoms with van der Waals surface area (Å²) in [5, 5.41) is 0. The van der Waals surface area contributed by atoms with Crippen LogP contribution >= 0.6 is 23.5 Å². The highest BCUT2D eigenvalue weighted by Gasteiger charge is 2.41. The Labute approximate surface area is 179 Å². The maximum Gasteiger partial charge on any atom is 0.490 e. The highest BCUT2D eigenvalue weighted by atomic mass is 31.3. The molecule has 20 heteroatoms. The predicted octanol–water partition coefficient (Wildman–Crippen LogP) is 0.828. The summed E-state index contributed by atoms with van der Waals surface area (Å²) >= 11 is 0. The second-order valence-electron chi connectivity index (χ2n) is 6.32. The molecule has 0 aromatic carbocycles. The van der Waals surface area contributed by atoms with Crippen LogP contribution in [0.3, 0.4) is 0 Å². The van der Waals surface area contributed by atoms with E-state index >= 15 is 0 Å². The number of anilines is 1. The Morgan fingerprint density at radius 3 is 2.53 bits per heavy atom. The first-order chi connectivity index (χ1) is 14.8. The molecular weight excluding hydrogens is 499 g/mol. The fraction of sp³-hybridized carbons (Fsp3) is 0.583. The minimum absolute atomic E-state index is 0.0371. The average molecular weight is 519 g/mol. The number of fused-ring (bicyclic) bond motifs is 1. The van der Waals surface area contributed by atoms with E-state index in [-0.39, 0.29) is 11.8 Å². The molecule has 2 aromatic heterocycles. The Balaban J connectivity index is 1.63. The number of hydrogen-bond donors (Lipinski definition) is 5. The fourth-order valence-corrected chi connectivity index (χ4v) is 5.90. The fourth-order valence-electron chi connectivity index (χ4n) is 2.85. The minimum atomic E-state index is -5.58. The monoisotopic (exact) mass is 519 g/mol.